The summed E-state index contributed by atoms with van der Waals surface area (Å²) >= 11 is 1.75. The highest BCUT2D eigenvalue weighted by Crippen LogP contribution is 2.42. The molecular weight excluding hydrogens is 412 g/mol. The minimum Gasteiger partial charge on any atom is -0.323 e. The lowest BCUT2D eigenvalue weighted by Gasteiger charge is -2.11. The van der Waals surface area contributed by atoms with Crippen molar-refractivity contribution in [2.45, 2.75) is 40.2 Å². The molecule has 0 aliphatic heterocycles. The van der Waals surface area contributed by atoms with Crippen molar-refractivity contribution in [1.82, 2.24) is 9.55 Å². The predicted molar refractivity (Wildman–Crippen MR) is 133 cm³/mol. The first-order valence-electron chi connectivity index (χ1n) is 11.0. The van der Waals surface area contributed by atoms with Gasteiger partial charge in [0.1, 0.15) is 5.82 Å². The van der Waals surface area contributed by atoms with Gasteiger partial charge in [-0.15, -0.1) is 11.3 Å². The molecule has 5 rings (SSSR count). The van der Waals surface area contributed by atoms with Gasteiger partial charge in [-0.05, 0) is 50.0 Å². The number of allylic oxidation sites excluding steroid dienone is 2. The first kappa shape index (κ1) is 20.7. The van der Waals surface area contributed by atoms with Gasteiger partial charge < -0.3 is 4.57 Å². The second-order valence-electron chi connectivity index (χ2n) is 8.41. The Hall–Kier alpha value is -3.24. The number of carbonyl (C=O) groups excluding carboxylic acids is 1. The van der Waals surface area contributed by atoms with E-state index in [9.17, 15) is 4.79 Å². The zero-order chi connectivity index (χ0) is 22.2. The van der Waals surface area contributed by atoms with E-state index in [0.717, 1.165) is 52.5 Å². The molecular formula is C28H26N2OS. The number of aryl methyl sites for hydroxylation is 2. The van der Waals surface area contributed by atoms with Crippen LogP contribution in [0.5, 0.6) is 0 Å². The van der Waals surface area contributed by atoms with Crippen molar-refractivity contribution in [2.75, 3.05) is 0 Å². The molecule has 0 saturated carbocycles. The quantitative estimate of drug-likeness (QED) is 0.341. The van der Waals surface area contributed by atoms with E-state index in [2.05, 4.69) is 67.8 Å². The molecule has 0 spiro atoms. The van der Waals surface area contributed by atoms with E-state index in [1.807, 2.05) is 24.3 Å². The van der Waals surface area contributed by atoms with Crippen molar-refractivity contribution in [1.29, 1.82) is 0 Å². The molecule has 0 atom stereocenters. The maximum atomic E-state index is 13.0. The van der Waals surface area contributed by atoms with Gasteiger partial charge in [-0.2, -0.15) is 0 Å². The Morgan fingerprint density at radius 1 is 0.938 bits per heavy atom. The second-order valence-corrected chi connectivity index (χ2v) is 9.87. The van der Waals surface area contributed by atoms with E-state index in [1.165, 1.54) is 15.3 Å². The predicted octanol–water partition coefficient (Wildman–Crippen LogP) is 6.86. The van der Waals surface area contributed by atoms with Crippen LogP contribution in [-0.2, 0) is 11.3 Å². The maximum Gasteiger partial charge on any atom is 0.164 e. The van der Waals surface area contributed by atoms with Crippen LogP contribution in [0.15, 0.2) is 66.7 Å². The number of aromatic nitrogens is 2. The van der Waals surface area contributed by atoms with Crippen molar-refractivity contribution in [3.63, 3.8) is 0 Å². The normalized spacial score (nSPS) is 13.9. The van der Waals surface area contributed by atoms with Gasteiger partial charge >= 0.3 is 0 Å². The van der Waals surface area contributed by atoms with Gasteiger partial charge in [0.25, 0.3) is 0 Å². The van der Waals surface area contributed by atoms with Crippen LogP contribution in [0, 0.1) is 20.8 Å². The van der Waals surface area contributed by atoms with Gasteiger partial charge in [-0.3, -0.25) is 4.79 Å². The number of Topliss-reactive ketones (excluding diaryl/α,β-unsaturated/α-hetero) is 1. The summed E-state index contributed by atoms with van der Waals surface area (Å²) in [5, 5.41) is 0. The minimum atomic E-state index is 0.235. The maximum absolute atomic E-state index is 13.0. The fourth-order valence-electron chi connectivity index (χ4n) is 4.67. The first-order chi connectivity index (χ1) is 15.5. The van der Waals surface area contributed by atoms with E-state index >= 15 is 0 Å². The summed E-state index contributed by atoms with van der Waals surface area (Å²) < 4.78 is 2.29. The average molecular weight is 439 g/mol. The third kappa shape index (κ3) is 3.65. The lowest BCUT2D eigenvalue weighted by Crippen LogP contribution is -2.04. The molecule has 0 saturated heterocycles. The monoisotopic (exact) mass is 438 g/mol. The number of rotatable bonds is 5. The Morgan fingerprint density at radius 2 is 1.62 bits per heavy atom. The molecule has 3 nitrogen and oxygen atoms in total. The van der Waals surface area contributed by atoms with Gasteiger partial charge in [0.05, 0.1) is 5.69 Å². The molecule has 160 valence electrons. The number of nitrogens with zero attached hydrogens (tertiary/aromatic N) is 2. The molecule has 2 aromatic heterocycles. The molecule has 1 aliphatic carbocycles. The van der Waals surface area contributed by atoms with Crippen molar-refractivity contribution in [3.05, 3.63) is 99.0 Å². The second kappa shape index (κ2) is 8.36. The Bertz CT molecular complexity index is 1330. The molecule has 4 aromatic rings. The molecule has 0 amide bonds. The molecule has 0 unspecified atom stereocenters. The van der Waals surface area contributed by atoms with Crippen LogP contribution in [0.3, 0.4) is 0 Å². The number of carbonyl (C=O) groups is 1. The van der Waals surface area contributed by atoms with Gasteiger partial charge in [0, 0.05) is 39.6 Å². The number of ketones is 1. The van der Waals surface area contributed by atoms with Crippen molar-refractivity contribution < 1.29 is 4.79 Å². The molecule has 0 radical (unpaired) electrons. The zero-order valence-electron chi connectivity index (χ0n) is 18.7. The van der Waals surface area contributed by atoms with Crippen LogP contribution < -0.4 is 0 Å². The molecule has 2 aromatic carbocycles. The first-order valence-corrected chi connectivity index (χ1v) is 11.8. The van der Waals surface area contributed by atoms with Crippen LogP contribution in [0.2, 0.25) is 0 Å². The van der Waals surface area contributed by atoms with Crippen molar-refractivity contribution >= 4 is 28.3 Å². The van der Waals surface area contributed by atoms with E-state index in [0.29, 0.717) is 6.42 Å². The number of benzene rings is 2. The summed E-state index contributed by atoms with van der Waals surface area (Å²) in [6, 6.07) is 23.0. The van der Waals surface area contributed by atoms with Gasteiger partial charge in [-0.25, -0.2) is 4.98 Å². The summed E-state index contributed by atoms with van der Waals surface area (Å²) in [7, 11) is 0. The molecule has 1 aliphatic rings. The Kier molecular flexibility index (Phi) is 5.40. The summed E-state index contributed by atoms with van der Waals surface area (Å²) in [5.41, 5.74) is 7.45. The smallest absolute Gasteiger partial charge is 0.164 e. The highest BCUT2D eigenvalue weighted by Gasteiger charge is 2.30. The molecule has 0 bridgehead atoms. The van der Waals surface area contributed by atoms with Crippen molar-refractivity contribution in [3.8, 4) is 11.4 Å². The average Bonchev–Trinajstić information content (AvgIpc) is 3.44. The summed E-state index contributed by atoms with van der Waals surface area (Å²) in [6.07, 6.45) is 1.31. The number of imidazole rings is 1. The fraction of sp³-hybridized carbons (Fsp3) is 0.214. The molecule has 0 N–H and O–H groups in total. The highest BCUT2D eigenvalue weighted by atomic mass is 32.1. The third-order valence-electron chi connectivity index (χ3n) is 6.22. The number of hydrogen-bond donors (Lipinski definition) is 0. The zero-order valence-corrected chi connectivity index (χ0v) is 19.5. The Balaban J connectivity index is 1.71. The van der Waals surface area contributed by atoms with Crippen LogP contribution in [0.25, 0.3) is 22.5 Å². The highest BCUT2D eigenvalue weighted by molar-refractivity contribution is 7.12. The molecule has 2 heterocycles. The summed E-state index contributed by atoms with van der Waals surface area (Å²) in [5.74, 6) is 1.19. The fourth-order valence-corrected chi connectivity index (χ4v) is 5.60. The Labute approximate surface area is 193 Å². The van der Waals surface area contributed by atoms with E-state index in [4.69, 9.17) is 4.98 Å². The topological polar surface area (TPSA) is 34.9 Å². The molecule has 32 heavy (non-hydrogen) atoms. The van der Waals surface area contributed by atoms with Gasteiger partial charge in [0.2, 0.25) is 0 Å². The van der Waals surface area contributed by atoms with E-state index in [-0.39, 0.29) is 5.78 Å². The lowest BCUT2D eigenvalue weighted by molar-refractivity contribution is -0.113. The van der Waals surface area contributed by atoms with Crippen LogP contribution in [0.1, 0.15) is 45.1 Å². The van der Waals surface area contributed by atoms with Crippen LogP contribution >= 0.6 is 11.3 Å². The minimum absolute atomic E-state index is 0.235. The largest absolute Gasteiger partial charge is 0.323 e. The Morgan fingerprint density at radius 3 is 2.28 bits per heavy atom. The summed E-state index contributed by atoms with van der Waals surface area (Å²) in [6.45, 7) is 7.10. The van der Waals surface area contributed by atoms with Gasteiger partial charge in [-0.1, -0.05) is 60.7 Å². The number of hydrogen-bond acceptors (Lipinski definition) is 3. The van der Waals surface area contributed by atoms with E-state index < -0.39 is 0 Å². The molecule has 4 heteroatoms. The standard InChI is InChI=1S/C28H26N2OS/c1-18-16-24(20(3)32-18)26-23(14-15-25(26)31)27-19(2)30(17-21-10-6-4-7-11-21)28(29-27)22-12-8-5-9-13-22/h4-13,16H,14-15,17H2,1-3H3. The van der Waals surface area contributed by atoms with E-state index in [1.54, 1.807) is 11.3 Å². The number of thiophene rings is 1. The summed E-state index contributed by atoms with van der Waals surface area (Å²) in [4.78, 5) is 20.6. The van der Waals surface area contributed by atoms with Crippen LogP contribution in [-0.4, -0.2) is 15.3 Å². The third-order valence-corrected chi connectivity index (χ3v) is 7.18. The lowest BCUT2D eigenvalue weighted by atomic mass is 9.99. The van der Waals surface area contributed by atoms with Gasteiger partial charge in [0.15, 0.2) is 5.78 Å². The molecule has 0 fully saturated rings. The van der Waals surface area contributed by atoms with Crippen molar-refractivity contribution in [2.24, 2.45) is 0 Å². The SMILES string of the molecule is Cc1cc(C2=C(c3nc(-c4ccccc4)n(Cc4ccccc4)c3C)CCC2=O)c(C)s1. The van der Waals surface area contributed by atoms with Crippen LogP contribution in [0.4, 0.5) is 0 Å².